The van der Waals surface area contributed by atoms with Crippen molar-refractivity contribution in [2.45, 2.75) is 0 Å². The van der Waals surface area contributed by atoms with Crippen LogP contribution in [0.4, 0.5) is 4.39 Å². The highest BCUT2D eigenvalue weighted by molar-refractivity contribution is 5.88. The Morgan fingerprint density at radius 3 is 2.00 bits per heavy atom. The molecule has 0 aliphatic carbocycles. The van der Waals surface area contributed by atoms with Gasteiger partial charge in [0.1, 0.15) is 0 Å². The van der Waals surface area contributed by atoms with Gasteiger partial charge >= 0.3 is 0 Å². The summed E-state index contributed by atoms with van der Waals surface area (Å²) in [5.74, 6) is -2.56. The zero-order chi connectivity index (χ0) is 5.15. The monoisotopic (exact) mass is 88.0 g/mol. The number of carbonyl (C=O) groups excluding carboxylic acids is 1. The molecule has 0 unspecified atom stereocenters. The second kappa shape index (κ2) is 1.55. The van der Waals surface area contributed by atoms with Gasteiger partial charge in [0.25, 0.3) is 5.91 Å². The Balaban J connectivity index is 3.57. The lowest BCUT2D eigenvalue weighted by Crippen LogP contribution is -2.09. The van der Waals surface area contributed by atoms with Gasteiger partial charge in [0.15, 0.2) is 5.83 Å². The molecule has 0 aliphatic rings. The van der Waals surface area contributed by atoms with E-state index >= 15 is 0 Å². The van der Waals surface area contributed by atoms with Gasteiger partial charge in [0.05, 0.1) is 0 Å². The molecule has 0 rings (SSSR count). The average molecular weight is 88.1 g/mol. The van der Waals surface area contributed by atoms with E-state index in [9.17, 15) is 9.18 Å². The molecule has 0 fully saturated rings. The Morgan fingerprint density at radius 1 is 1.83 bits per heavy atom. The SMILES string of the molecule is [CH]=C(F)C(N)=O. The number of amides is 1. The fourth-order valence-electron chi connectivity index (χ4n) is 0. The van der Waals surface area contributed by atoms with E-state index in [1.54, 1.807) is 0 Å². The van der Waals surface area contributed by atoms with Crippen molar-refractivity contribution >= 4 is 5.91 Å². The molecular formula is C3H3FNO. The van der Waals surface area contributed by atoms with Crippen molar-refractivity contribution in [3.05, 3.63) is 12.4 Å². The van der Waals surface area contributed by atoms with Crippen molar-refractivity contribution in [3.63, 3.8) is 0 Å². The first-order chi connectivity index (χ1) is 2.64. The van der Waals surface area contributed by atoms with Crippen molar-refractivity contribution < 1.29 is 9.18 Å². The van der Waals surface area contributed by atoms with E-state index in [4.69, 9.17) is 0 Å². The predicted molar refractivity (Wildman–Crippen MR) is 18.1 cm³/mol. The summed E-state index contributed by atoms with van der Waals surface area (Å²) in [4.78, 5) is 9.38. The van der Waals surface area contributed by atoms with Gasteiger partial charge in [-0.3, -0.25) is 4.79 Å². The number of nitrogens with two attached hydrogens (primary N) is 1. The molecule has 2 nitrogen and oxygen atoms in total. The number of rotatable bonds is 1. The Labute approximate surface area is 34.4 Å². The van der Waals surface area contributed by atoms with Crippen LogP contribution in [0.3, 0.4) is 0 Å². The third kappa shape index (κ3) is 1.46. The van der Waals surface area contributed by atoms with Crippen LogP contribution in [0.5, 0.6) is 0 Å². The largest absolute Gasteiger partial charge is 0.364 e. The van der Waals surface area contributed by atoms with Crippen LogP contribution in [0.1, 0.15) is 0 Å². The van der Waals surface area contributed by atoms with Crippen molar-refractivity contribution in [3.8, 4) is 0 Å². The van der Waals surface area contributed by atoms with Gasteiger partial charge in [-0.2, -0.15) is 0 Å². The lowest BCUT2D eigenvalue weighted by atomic mass is 10.6. The normalized spacial score (nSPS) is 7.50. The smallest absolute Gasteiger partial charge is 0.277 e. The molecular weight excluding hydrogens is 85.0 g/mol. The number of carbonyl (C=O) groups is 1. The molecule has 1 amide bonds. The second-order valence-electron chi connectivity index (χ2n) is 0.712. The van der Waals surface area contributed by atoms with Crippen molar-refractivity contribution in [2.75, 3.05) is 0 Å². The summed E-state index contributed by atoms with van der Waals surface area (Å²) < 4.78 is 11.0. The third-order valence-corrected chi connectivity index (χ3v) is 0.235. The van der Waals surface area contributed by atoms with Gasteiger partial charge in [0.2, 0.25) is 0 Å². The highest BCUT2D eigenvalue weighted by atomic mass is 19.1. The Bertz CT molecular complexity index is 76.8. The van der Waals surface area contributed by atoms with Crippen LogP contribution in [-0.4, -0.2) is 5.91 Å². The first-order valence-electron chi connectivity index (χ1n) is 1.22. The van der Waals surface area contributed by atoms with Gasteiger partial charge in [-0.25, -0.2) is 4.39 Å². The molecule has 0 aromatic rings. The minimum atomic E-state index is -1.35. The van der Waals surface area contributed by atoms with Crippen molar-refractivity contribution in [2.24, 2.45) is 5.73 Å². The molecule has 33 valence electrons. The van der Waals surface area contributed by atoms with Gasteiger partial charge in [-0.15, -0.1) is 0 Å². The summed E-state index contributed by atoms with van der Waals surface area (Å²) in [5, 5.41) is 0. The van der Waals surface area contributed by atoms with E-state index in [0.717, 1.165) is 0 Å². The summed E-state index contributed by atoms with van der Waals surface area (Å²) in [6, 6.07) is 0. The topological polar surface area (TPSA) is 43.1 Å². The van der Waals surface area contributed by atoms with E-state index in [0.29, 0.717) is 0 Å². The zero-order valence-electron chi connectivity index (χ0n) is 2.94. The van der Waals surface area contributed by atoms with Crippen LogP contribution >= 0.6 is 0 Å². The number of primary amides is 1. The summed E-state index contributed by atoms with van der Waals surface area (Å²) in [5.41, 5.74) is 4.26. The molecule has 0 saturated carbocycles. The van der Waals surface area contributed by atoms with Crippen LogP contribution in [0, 0.1) is 6.58 Å². The molecule has 0 atom stereocenters. The van der Waals surface area contributed by atoms with Crippen molar-refractivity contribution in [1.82, 2.24) is 0 Å². The van der Waals surface area contributed by atoms with E-state index in [1.165, 1.54) is 0 Å². The van der Waals surface area contributed by atoms with Gasteiger partial charge in [0, 0.05) is 0 Å². The molecule has 0 aromatic heterocycles. The number of hydrogen-bond donors (Lipinski definition) is 1. The Hall–Kier alpha value is -0.860. The first kappa shape index (κ1) is 5.14. The third-order valence-electron chi connectivity index (χ3n) is 0.235. The quantitative estimate of drug-likeness (QED) is 0.441. The van der Waals surface area contributed by atoms with E-state index in [-0.39, 0.29) is 0 Å². The van der Waals surface area contributed by atoms with E-state index < -0.39 is 11.7 Å². The fourth-order valence-corrected chi connectivity index (χ4v) is 0. The van der Waals surface area contributed by atoms with Gasteiger partial charge in [-0.05, 0) is 6.58 Å². The maximum absolute atomic E-state index is 11.0. The fraction of sp³-hybridized carbons (Fsp3) is 0. The van der Waals surface area contributed by atoms with Gasteiger partial charge < -0.3 is 5.73 Å². The molecule has 0 heterocycles. The molecule has 1 radical (unpaired) electrons. The molecule has 6 heavy (non-hydrogen) atoms. The van der Waals surface area contributed by atoms with Crippen LogP contribution in [0.15, 0.2) is 5.83 Å². The maximum Gasteiger partial charge on any atom is 0.277 e. The standard InChI is InChI=1S/C3H3FNO/c1-2(4)3(5)6/h1H,(H2,5,6). The molecule has 0 saturated heterocycles. The molecule has 0 spiro atoms. The summed E-state index contributed by atoms with van der Waals surface area (Å²) in [7, 11) is 0. The van der Waals surface area contributed by atoms with Crippen LogP contribution in [0.2, 0.25) is 0 Å². The number of halogens is 1. The van der Waals surface area contributed by atoms with Crippen LogP contribution in [0.25, 0.3) is 0 Å². The maximum atomic E-state index is 11.0. The van der Waals surface area contributed by atoms with Gasteiger partial charge in [-0.1, -0.05) is 0 Å². The lowest BCUT2D eigenvalue weighted by molar-refractivity contribution is -0.115. The number of hydrogen-bond acceptors (Lipinski definition) is 1. The molecule has 0 bridgehead atoms. The summed E-state index contributed by atoms with van der Waals surface area (Å²) in [6.07, 6.45) is 0. The van der Waals surface area contributed by atoms with E-state index in [2.05, 4.69) is 12.3 Å². The molecule has 2 N–H and O–H groups in total. The zero-order valence-corrected chi connectivity index (χ0v) is 2.94. The minimum absolute atomic E-state index is 1.21. The van der Waals surface area contributed by atoms with Crippen LogP contribution < -0.4 is 5.73 Å². The van der Waals surface area contributed by atoms with E-state index in [1.807, 2.05) is 0 Å². The summed E-state index contributed by atoms with van der Waals surface area (Å²) >= 11 is 0. The lowest BCUT2D eigenvalue weighted by Gasteiger charge is -1.76. The van der Waals surface area contributed by atoms with Crippen LogP contribution in [-0.2, 0) is 4.79 Å². The molecule has 3 heteroatoms. The summed E-state index contributed by atoms with van der Waals surface area (Å²) in [6.45, 7) is 4.21. The average Bonchev–Trinajstić information content (AvgIpc) is 1.36. The highest BCUT2D eigenvalue weighted by Gasteiger charge is 1.93. The molecule has 0 aromatic carbocycles. The highest BCUT2D eigenvalue weighted by Crippen LogP contribution is 1.83. The Morgan fingerprint density at radius 2 is 2.00 bits per heavy atom. The minimum Gasteiger partial charge on any atom is -0.364 e. The first-order valence-corrected chi connectivity index (χ1v) is 1.22. The van der Waals surface area contributed by atoms with Crippen molar-refractivity contribution in [1.29, 1.82) is 0 Å². The molecule has 0 aliphatic heterocycles. The second-order valence-corrected chi connectivity index (χ2v) is 0.712. The predicted octanol–water partition coefficient (Wildman–Crippen LogP) is -0.242. The Kier molecular flexibility index (Phi) is 1.32.